The van der Waals surface area contributed by atoms with E-state index in [0.717, 1.165) is 28.6 Å². The lowest BCUT2D eigenvalue weighted by Crippen LogP contribution is -1.99. The van der Waals surface area contributed by atoms with E-state index in [1.807, 2.05) is 53.4 Å². The maximum absolute atomic E-state index is 5.41. The molecule has 0 amide bonds. The van der Waals surface area contributed by atoms with Crippen LogP contribution in [0.25, 0.3) is 4.96 Å². The number of thiazole rings is 1. The monoisotopic (exact) mass is 273 g/mol. The van der Waals surface area contributed by atoms with Gasteiger partial charge in [0.15, 0.2) is 4.96 Å². The van der Waals surface area contributed by atoms with Crippen LogP contribution in [-0.2, 0) is 6.54 Å². The Kier molecular flexibility index (Phi) is 3.37. The summed E-state index contributed by atoms with van der Waals surface area (Å²) >= 11 is 1.64. The summed E-state index contributed by atoms with van der Waals surface area (Å²) in [5.41, 5.74) is 2.11. The fourth-order valence-corrected chi connectivity index (χ4v) is 2.61. The molecule has 0 bridgehead atoms. The highest BCUT2D eigenvalue weighted by molar-refractivity contribution is 7.15. The van der Waals surface area contributed by atoms with Gasteiger partial charge in [-0.3, -0.25) is 4.40 Å². The zero-order valence-electron chi connectivity index (χ0n) is 10.7. The van der Waals surface area contributed by atoms with E-state index in [1.165, 1.54) is 0 Å². The third-order valence-corrected chi connectivity index (χ3v) is 3.55. The molecule has 0 saturated carbocycles. The van der Waals surface area contributed by atoms with Crippen LogP contribution in [0.5, 0.6) is 5.75 Å². The molecule has 1 N–H and O–H groups in total. The maximum Gasteiger partial charge on any atom is 0.193 e. The molecule has 0 aliphatic heterocycles. The van der Waals surface area contributed by atoms with Crippen molar-refractivity contribution < 1.29 is 4.74 Å². The van der Waals surface area contributed by atoms with Gasteiger partial charge in [0.1, 0.15) is 5.75 Å². The quantitative estimate of drug-likeness (QED) is 0.774. The molecule has 5 heteroatoms. The molecule has 0 aliphatic carbocycles. The SMILES string of the molecule is CCOc1ccc(NCc2cn3ccsc3n2)cc1. The first-order valence-electron chi connectivity index (χ1n) is 6.23. The molecule has 3 rings (SSSR count). The molecule has 0 fully saturated rings. The van der Waals surface area contributed by atoms with Crippen LogP contribution in [0.2, 0.25) is 0 Å². The zero-order valence-corrected chi connectivity index (χ0v) is 11.5. The highest BCUT2D eigenvalue weighted by atomic mass is 32.1. The van der Waals surface area contributed by atoms with Crippen molar-refractivity contribution in [3.05, 3.63) is 47.7 Å². The summed E-state index contributed by atoms with van der Waals surface area (Å²) in [6.45, 7) is 3.40. The standard InChI is InChI=1S/C14H15N3OS/c1-2-18-13-5-3-11(4-6-13)15-9-12-10-17-7-8-19-14(17)16-12/h3-8,10,15H,2,9H2,1H3. The highest BCUT2D eigenvalue weighted by Crippen LogP contribution is 2.17. The summed E-state index contributed by atoms with van der Waals surface area (Å²) in [6, 6.07) is 7.97. The van der Waals surface area contributed by atoms with Gasteiger partial charge in [-0.25, -0.2) is 4.98 Å². The first-order chi connectivity index (χ1) is 9.35. The number of rotatable bonds is 5. The van der Waals surface area contributed by atoms with E-state index in [9.17, 15) is 0 Å². The Labute approximate surface area is 115 Å². The second-order valence-corrected chi connectivity index (χ2v) is 5.01. The number of anilines is 1. The molecular formula is C14H15N3OS. The number of hydrogen-bond acceptors (Lipinski definition) is 4. The molecule has 2 aromatic heterocycles. The van der Waals surface area contributed by atoms with Crippen LogP contribution in [-0.4, -0.2) is 16.0 Å². The van der Waals surface area contributed by atoms with Crippen molar-refractivity contribution in [3.63, 3.8) is 0 Å². The van der Waals surface area contributed by atoms with Crippen LogP contribution < -0.4 is 10.1 Å². The molecule has 0 atom stereocenters. The fraction of sp³-hybridized carbons (Fsp3) is 0.214. The summed E-state index contributed by atoms with van der Waals surface area (Å²) in [4.78, 5) is 5.56. The fourth-order valence-electron chi connectivity index (χ4n) is 1.89. The molecule has 0 saturated heterocycles. The van der Waals surface area contributed by atoms with E-state index < -0.39 is 0 Å². The van der Waals surface area contributed by atoms with E-state index in [0.29, 0.717) is 6.61 Å². The Morgan fingerprint density at radius 2 is 2.16 bits per heavy atom. The minimum Gasteiger partial charge on any atom is -0.494 e. The van der Waals surface area contributed by atoms with Crippen molar-refractivity contribution in [2.75, 3.05) is 11.9 Å². The minimum absolute atomic E-state index is 0.693. The van der Waals surface area contributed by atoms with Gasteiger partial charge >= 0.3 is 0 Å². The first kappa shape index (κ1) is 12.0. The topological polar surface area (TPSA) is 38.6 Å². The summed E-state index contributed by atoms with van der Waals surface area (Å²) in [5, 5.41) is 5.39. The average Bonchev–Trinajstić information content (AvgIpc) is 2.99. The van der Waals surface area contributed by atoms with Crippen molar-refractivity contribution in [3.8, 4) is 5.75 Å². The number of ether oxygens (including phenoxy) is 1. The first-order valence-corrected chi connectivity index (χ1v) is 7.11. The molecule has 1 aromatic carbocycles. The van der Waals surface area contributed by atoms with Crippen LogP contribution in [0.15, 0.2) is 42.0 Å². The number of benzene rings is 1. The van der Waals surface area contributed by atoms with Gasteiger partial charge in [0.05, 0.1) is 18.8 Å². The van der Waals surface area contributed by atoms with E-state index in [2.05, 4.69) is 10.3 Å². The Morgan fingerprint density at radius 3 is 2.89 bits per heavy atom. The van der Waals surface area contributed by atoms with E-state index in [-0.39, 0.29) is 0 Å². The van der Waals surface area contributed by atoms with E-state index in [4.69, 9.17) is 4.74 Å². The van der Waals surface area contributed by atoms with Crippen LogP contribution in [0.4, 0.5) is 5.69 Å². The Hall–Kier alpha value is -2.01. The van der Waals surface area contributed by atoms with Crippen molar-refractivity contribution in [2.45, 2.75) is 13.5 Å². The molecule has 0 spiro atoms. The lowest BCUT2D eigenvalue weighted by atomic mass is 10.3. The van der Waals surface area contributed by atoms with Gasteiger partial charge in [-0.05, 0) is 31.2 Å². The highest BCUT2D eigenvalue weighted by Gasteiger charge is 2.02. The minimum atomic E-state index is 0.693. The van der Waals surface area contributed by atoms with Crippen LogP contribution >= 0.6 is 11.3 Å². The van der Waals surface area contributed by atoms with Gasteiger partial charge in [-0.15, -0.1) is 11.3 Å². The number of imidazole rings is 1. The lowest BCUT2D eigenvalue weighted by Gasteiger charge is -2.06. The molecule has 0 aliphatic rings. The van der Waals surface area contributed by atoms with Gasteiger partial charge in [0.25, 0.3) is 0 Å². The van der Waals surface area contributed by atoms with Crippen molar-refractivity contribution in [1.82, 2.24) is 9.38 Å². The number of fused-ring (bicyclic) bond motifs is 1. The second kappa shape index (κ2) is 5.32. The number of nitrogens with one attached hydrogen (secondary N) is 1. The maximum atomic E-state index is 5.41. The molecule has 0 unspecified atom stereocenters. The molecule has 4 nitrogen and oxygen atoms in total. The van der Waals surface area contributed by atoms with Crippen LogP contribution in [0.3, 0.4) is 0 Å². The predicted molar refractivity (Wildman–Crippen MR) is 78.0 cm³/mol. The Morgan fingerprint density at radius 1 is 1.32 bits per heavy atom. The summed E-state index contributed by atoms with van der Waals surface area (Å²) < 4.78 is 7.45. The van der Waals surface area contributed by atoms with Crippen LogP contribution in [0, 0.1) is 0 Å². The Bertz CT molecular complexity index is 628. The number of nitrogens with zero attached hydrogens (tertiary/aromatic N) is 2. The molecular weight excluding hydrogens is 258 g/mol. The largest absolute Gasteiger partial charge is 0.494 e. The van der Waals surface area contributed by atoms with Gasteiger partial charge in [-0.2, -0.15) is 0 Å². The molecule has 0 radical (unpaired) electrons. The summed E-state index contributed by atoms with van der Waals surface area (Å²) in [7, 11) is 0. The van der Waals surface area contributed by atoms with Crippen molar-refractivity contribution >= 4 is 22.0 Å². The van der Waals surface area contributed by atoms with Gasteiger partial charge in [-0.1, -0.05) is 0 Å². The number of aromatic nitrogens is 2. The average molecular weight is 273 g/mol. The molecule has 2 heterocycles. The van der Waals surface area contributed by atoms with Crippen LogP contribution in [0.1, 0.15) is 12.6 Å². The van der Waals surface area contributed by atoms with E-state index in [1.54, 1.807) is 11.3 Å². The Balaban J connectivity index is 1.63. The molecule has 19 heavy (non-hydrogen) atoms. The van der Waals surface area contributed by atoms with Gasteiger partial charge in [0.2, 0.25) is 0 Å². The normalized spacial score (nSPS) is 10.8. The third-order valence-electron chi connectivity index (χ3n) is 2.78. The van der Waals surface area contributed by atoms with Crippen molar-refractivity contribution in [1.29, 1.82) is 0 Å². The summed E-state index contributed by atoms with van der Waals surface area (Å²) in [5.74, 6) is 0.899. The number of hydrogen-bond donors (Lipinski definition) is 1. The molecule has 98 valence electrons. The van der Waals surface area contributed by atoms with E-state index >= 15 is 0 Å². The molecule has 3 aromatic rings. The second-order valence-electron chi connectivity index (χ2n) is 4.14. The summed E-state index contributed by atoms with van der Waals surface area (Å²) in [6.07, 6.45) is 4.07. The predicted octanol–water partition coefficient (Wildman–Crippen LogP) is 3.41. The van der Waals surface area contributed by atoms with Gasteiger partial charge in [0, 0.05) is 23.5 Å². The zero-order chi connectivity index (χ0) is 13.1. The third kappa shape index (κ3) is 2.71. The lowest BCUT2D eigenvalue weighted by molar-refractivity contribution is 0.340. The smallest absolute Gasteiger partial charge is 0.193 e. The van der Waals surface area contributed by atoms with Gasteiger partial charge < -0.3 is 10.1 Å². The van der Waals surface area contributed by atoms with Crippen molar-refractivity contribution in [2.24, 2.45) is 0 Å².